The summed E-state index contributed by atoms with van der Waals surface area (Å²) in [5.41, 5.74) is 2.26. The predicted molar refractivity (Wildman–Crippen MR) is 95.6 cm³/mol. The second-order valence-corrected chi connectivity index (χ2v) is 6.15. The molecule has 1 fully saturated rings. The molecule has 2 aromatic rings. The molecule has 1 aliphatic heterocycles. The third-order valence-corrected chi connectivity index (χ3v) is 4.38. The molecular weight excluding hydrogens is 322 g/mol. The van der Waals surface area contributed by atoms with Crippen molar-refractivity contribution >= 4 is 7.12 Å². The van der Waals surface area contributed by atoms with E-state index in [4.69, 9.17) is 14.1 Å². The highest BCUT2D eigenvalue weighted by Gasteiger charge is 2.30. The van der Waals surface area contributed by atoms with Gasteiger partial charge in [0.1, 0.15) is 0 Å². The lowest BCUT2D eigenvalue weighted by Crippen LogP contribution is -2.07. The molecule has 1 heterocycles. The summed E-state index contributed by atoms with van der Waals surface area (Å²) in [5, 5.41) is 9.56. The number of ether oxygens (including phenoxy) is 2. The van der Waals surface area contributed by atoms with E-state index >= 15 is 4.39 Å². The minimum atomic E-state index is -0.722. The normalized spacial score (nSPS) is 17.0. The van der Waals surface area contributed by atoms with Gasteiger partial charge in [0.2, 0.25) is 0 Å². The van der Waals surface area contributed by atoms with Crippen LogP contribution < -0.4 is 9.47 Å². The Labute approximate surface area is 147 Å². The Morgan fingerprint density at radius 2 is 2.16 bits per heavy atom. The van der Waals surface area contributed by atoms with E-state index in [0.717, 1.165) is 17.5 Å². The third-order valence-electron chi connectivity index (χ3n) is 4.38. The van der Waals surface area contributed by atoms with E-state index in [1.54, 1.807) is 12.1 Å². The molecule has 0 radical (unpaired) electrons. The van der Waals surface area contributed by atoms with E-state index in [2.05, 4.69) is 0 Å². The first-order valence-electron chi connectivity index (χ1n) is 8.53. The van der Waals surface area contributed by atoms with Crippen molar-refractivity contribution in [3.63, 3.8) is 0 Å². The van der Waals surface area contributed by atoms with Crippen LogP contribution in [0.5, 0.6) is 11.5 Å². The molecule has 0 amide bonds. The zero-order valence-electron chi connectivity index (χ0n) is 14.5. The Kier molecular flexibility index (Phi) is 5.61. The number of halogens is 1. The van der Waals surface area contributed by atoms with Gasteiger partial charge in [-0.15, -0.1) is 0 Å². The number of rotatable bonds is 6. The largest absolute Gasteiger partial charge is 0.493 e. The van der Waals surface area contributed by atoms with Crippen molar-refractivity contribution in [1.29, 1.82) is 0 Å². The molecule has 0 unspecified atom stereocenters. The molecule has 0 bridgehead atoms. The summed E-state index contributed by atoms with van der Waals surface area (Å²) >= 11 is 0. The van der Waals surface area contributed by atoms with Crippen molar-refractivity contribution in [1.82, 2.24) is 0 Å². The SMILES string of the molecule is CCCOc1c(OC)ccc(-c2cccc([C@@H]3COB(O)C3)c2)c1F. The smallest absolute Gasteiger partial charge is 0.454 e. The molecule has 4 nitrogen and oxygen atoms in total. The van der Waals surface area contributed by atoms with Gasteiger partial charge in [0.05, 0.1) is 13.7 Å². The zero-order chi connectivity index (χ0) is 17.8. The van der Waals surface area contributed by atoms with Gasteiger partial charge in [0.25, 0.3) is 0 Å². The van der Waals surface area contributed by atoms with E-state index in [-0.39, 0.29) is 11.7 Å². The molecule has 0 spiro atoms. The molecule has 1 N–H and O–H groups in total. The van der Waals surface area contributed by atoms with Gasteiger partial charge in [0.15, 0.2) is 17.3 Å². The second-order valence-electron chi connectivity index (χ2n) is 6.15. The molecule has 3 rings (SSSR count). The van der Waals surface area contributed by atoms with Gasteiger partial charge in [0, 0.05) is 18.1 Å². The molecule has 1 atom stereocenters. The summed E-state index contributed by atoms with van der Waals surface area (Å²) in [7, 11) is 0.777. The lowest BCUT2D eigenvalue weighted by Gasteiger charge is -2.15. The van der Waals surface area contributed by atoms with Crippen LogP contribution in [0.25, 0.3) is 11.1 Å². The first kappa shape index (κ1) is 17.8. The summed E-state index contributed by atoms with van der Waals surface area (Å²) in [4.78, 5) is 0. The Hall–Kier alpha value is -2.05. The zero-order valence-corrected chi connectivity index (χ0v) is 14.5. The minimum absolute atomic E-state index is 0.118. The van der Waals surface area contributed by atoms with Crippen LogP contribution >= 0.6 is 0 Å². The highest BCUT2D eigenvalue weighted by atomic mass is 19.1. The van der Waals surface area contributed by atoms with Crippen molar-refractivity contribution in [3.05, 3.63) is 47.8 Å². The Balaban J connectivity index is 1.96. The van der Waals surface area contributed by atoms with Crippen LogP contribution in [0.3, 0.4) is 0 Å². The highest BCUT2D eigenvalue weighted by molar-refractivity contribution is 6.43. The molecule has 2 aromatic carbocycles. The van der Waals surface area contributed by atoms with Crippen molar-refractivity contribution in [2.75, 3.05) is 20.3 Å². The van der Waals surface area contributed by atoms with E-state index in [1.807, 2.05) is 31.2 Å². The summed E-state index contributed by atoms with van der Waals surface area (Å²) in [6.45, 7) is 2.87. The van der Waals surface area contributed by atoms with Gasteiger partial charge in [-0.25, -0.2) is 4.39 Å². The maximum atomic E-state index is 15.0. The summed E-state index contributed by atoms with van der Waals surface area (Å²) < 4.78 is 31.0. The minimum Gasteiger partial charge on any atom is -0.493 e. The highest BCUT2D eigenvalue weighted by Crippen LogP contribution is 2.38. The molecule has 0 aliphatic carbocycles. The van der Waals surface area contributed by atoms with Gasteiger partial charge >= 0.3 is 7.12 Å². The summed E-state index contributed by atoms with van der Waals surface area (Å²) in [5.74, 6) is 0.227. The maximum Gasteiger partial charge on any atom is 0.454 e. The van der Waals surface area contributed by atoms with E-state index in [1.165, 1.54) is 7.11 Å². The van der Waals surface area contributed by atoms with Gasteiger partial charge in [-0.1, -0.05) is 31.2 Å². The van der Waals surface area contributed by atoms with Crippen LogP contribution in [-0.4, -0.2) is 32.5 Å². The fourth-order valence-electron chi connectivity index (χ4n) is 3.06. The summed E-state index contributed by atoms with van der Waals surface area (Å²) in [6.07, 6.45) is 1.34. The third kappa shape index (κ3) is 3.80. The Morgan fingerprint density at radius 3 is 2.84 bits per heavy atom. The molecule has 132 valence electrons. The number of hydrogen-bond acceptors (Lipinski definition) is 4. The van der Waals surface area contributed by atoms with Crippen LogP contribution in [0.1, 0.15) is 24.8 Å². The summed E-state index contributed by atoms with van der Waals surface area (Å²) in [6, 6.07) is 11.1. The van der Waals surface area contributed by atoms with E-state index in [9.17, 15) is 5.02 Å². The fraction of sp³-hybridized carbons (Fsp3) is 0.368. The molecule has 1 saturated heterocycles. The molecule has 6 heteroatoms. The van der Waals surface area contributed by atoms with Gasteiger partial charge in [-0.3, -0.25) is 0 Å². The van der Waals surface area contributed by atoms with Crippen molar-refractivity contribution in [2.24, 2.45) is 0 Å². The monoisotopic (exact) mass is 344 g/mol. The average Bonchev–Trinajstić information content (AvgIpc) is 3.07. The van der Waals surface area contributed by atoms with Crippen LogP contribution in [0.15, 0.2) is 36.4 Å². The van der Waals surface area contributed by atoms with Crippen LogP contribution in [0.2, 0.25) is 6.32 Å². The molecule has 25 heavy (non-hydrogen) atoms. The average molecular weight is 344 g/mol. The molecular formula is C19H22BFO4. The maximum absolute atomic E-state index is 15.0. The standard InChI is InChI=1S/C19H22BFO4/c1-3-9-24-19-17(23-2)8-7-16(18(19)21)14-6-4-5-13(10-14)15-11-20(22)25-12-15/h4-8,10,15,22H,3,9,11-12H2,1-2H3/t15-/m0/s1. The Bertz CT molecular complexity index is 737. The number of benzene rings is 2. The number of methoxy groups -OCH3 is 1. The fourth-order valence-corrected chi connectivity index (χ4v) is 3.06. The van der Waals surface area contributed by atoms with Crippen LogP contribution in [-0.2, 0) is 4.65 Å². The van der Waals surface area contributed by atoms with Crippen molar-refractivity contribution in [2.45, 2.75) is 25.6 Å². The first-order chi connectivity index (χ1) is 12.1. The van der Waals surface area contributed by atoms with Crippen molar-refractivity contribution in [3.8, 4) is 22.6 Å². The molecule has 1 aliphatic rings. The van der Waals surface area contributed by atoms with Gasteiger partial charge in [-0.05, 0) is 36.0 Å². The van der Waals surface area contributed by atoms with E-state index in [0.29, 0.717) is 30.8 Å². The molecule has 0 aromatic heterocycles. The molecule has 0 saturated carbocycles. The quantitative estimate of drug-likeness (QED) is 0.808. The van der Waals surface area contributed by atoms with Crippen LogP contribution in [0.4, 0.5) is 4.39 Å². The van der Waals surface area contributed by atoms with Crippen molar-refractivity contribution < 1.29 is 23.5 Å². The predicted octanol–water partition coefficient (Wildman–Crippen LogP) is 3.88. The van der Waals surface area contributed by atoms with E-state index < -0.39 is 12.9 Å². The van der Waals surface area contributed by atoms with Gasteiger partial charge in [-0.2, -0.15) is 0 Å². The topological polar surface area (TPSA) is 47.9 Å². The number of hydrogen-bond donors (Lipinski definition) is 1. The van der Waals surface area contributed by atoms with Crippen LogP contribution in [0, 0.1) is 5.82 Å². The Morgan fingerprint density at radius 1 is 1.32 bits per heavy atom. The lowest BCUT2D eigenvalue weighted by molar-refractivity contribution is 0.280. The second kappa shape index (κ2) is 7.89. The van der Waals surface area contributed by atoms with Gasteiger partial charge < -0.3 is 19.2 Å². The first-order valence-corrected chi connectivity index (χ1v) is 8.53. The lowest BCUT2D eigenvalue weighted by atomic mass is 9.79.